The van der Waals surface area contributed by atoms with Gasteiger partial charge in [0.1, 0.15) is 5.56 Å². The van der Waals surface area contributed by atoms with Crippen molar-refractivity contribution < 1.29 is 14.6 Å². The molecule has 0 aliphatic carbocycles. The van der Waals surface area contributed by atoms with Crippen molar-refractivity contribution in [2.75, 3.05) is 7.11 Å². The van der Waals surface area contributed by atoms with Crippen molar-refractivity contribution in [1.29, 1.82) is 0 Å². The summed E-state index contributed by atoms with van der Waals surface area (Å²) >= 11 is 1.27. The van der Waals surface area contributed by atoms with Crippen molar-refractivity contribution in [1.82, 2.24) is 0 Å². The van der Waals surface area contributed by atoms with Gasteiger partial charge in [-0.05, 0) is 11.4 Å². The molecule has 0 aromatic carbocycles. The zero-order chi connectivity index (χ0) is 7.56. The van der Waals surface area contributed by atoms with E-state index in [9.17, 15) is 4.79 Å². The zero-order valence-corrected chi connectivity index (χ0v) is 6.14. The number of thiophene rings is 1. The first-order valence-electron chi connectivity index (χ1n) is 2.60. The van der Waals surface area contributed by atoms with E-state index >= 15 is 0 Å². The van der Waals surface area contributed by atoms with E-state index in [1.165, 1.54) is 24.5 Å². The summed E-state index contributed by atoms with van der Waals surface area (Å²) in [7, 11) is 1.46. The number of carboxylic acid groups (broad SMARTS) is 1. The number of aromatic carboxylic acids is 1. The maximum absolute atomic E-state index is 10.4. The zero-order valence-electron chi connectivity index (χ0n) is 5.33. The fourth-order valence-corrected chi connectivity index (χ4v) is 1.32. The van der Waals surface area contributed by atoms with Gasteiger partial charge in [-0.1, -0.05) is 0 Å². The van der Waals surface area contributed by atoms with Crippen molar-refractivity contribution in [2.24, 2.45) is 0 Å². The quantitative estimate of drug-likeness (QED) is 0.708. The van der Waals surface area contributed by atoms with Gasteiger partial charge >= 0.3 is 5.97 Å². The van der Waals surface area contributed by atoms with Gasteiger partial charge in [-0.15, -0.1) is 11.3 Å². The Kier molecular flexibility index (Phi) is 1.91. The number of hydrogen-bond acceptors (Lipinski definition) is 3. The molecule has 1 N–H and O–H groups in total. The molecular weight excluding hydrogens is 152 g/mol. The van der Waals surface area contributed by atoms with Gasteiger partial charge in [-0.3, -0.25) is 0 Å². The molecule has 0 fully saturated rings. The summed E-state index contributed by atoms with van der Waals surface area (Å²) in [5, 5.41) is 10.6. The van der Waals surface area contributed by atoms with Gasteiger partial charge in [0.25, 0.3) is 0 Å². The minimum Gasteiger partial charge on any atom is -0.487 e. The first kappa shape index (κ1) is 7.08. The average Bonchev–Trinajstić information content (AvgIpc) is 2.33. The Hall–Kier alpha value is -1.03. The Labute approximate surface area is 61.9 Å². The van der Waals surface area contributed by atoms with Crippen LogP contribution in [0.3, 0.4) is 0 Å². The van der Waals surface area contributed by atoms with Gasteiger partial charge in [-0.2, -0.15) is 0 Å². The van der Waals surface area contributed by atoms with Crippen LogP contribution in [0.4, 0.5) is 0 Å². The van der Waals surface area contributed by atoms with Crippen LogP contribution in [0.25, 0.3) is 0 Å². The summed E-state index contributed by atoms with van der Waals surface area (Å²) in [4.78, 5) is 10.4. The number of rotatable bonds is 2. The third-order valence-electron chi connectivity index (χ3n) is 1.05. The molecule has 0 amide bonds. The molecule has 3 nitrogen and oxygen atoms in total. The van der Waals surface area contributed by atoms with Crippen LogP contribution in [0.1, 0.15) is 10.4 Å². The highest BCUT2D eigenvalue weighted by atomic mass is 32.1. The van der Waals surface area contributed by atoms with Crippen LogP contribution in [-0.4, -0.2) is 18.2 Å². The highest BCUT2D eigenvalue weighted by Crippen LogP contribution is 2.24. The van der Waals surface area contributed by atoms with Crippen LogP contribution in [0.2, 0.25) is 0 Å². The summed E-state index contributed by atoms with van der Waals surface area (Å²) in [6.45, 7) is 0. The normalized spacial score (nSPS) is 9.30. The predicted molar refractivity (Wildman–Crippen MR) is 37.8 cm³/mol. The molecule has 1 aromatic rings. The molecule has 10 heavy (non-hydrogen) atoms. The summed E-state index contributed by atoms with van der Waals surface area (Å²) in [5.74, 6) is -0.946. The third kappa shape index (κ3) is 1.11. The number of hydrogen-bond donors (Lipinski definition) is 1. The molecule has 1 aromatic heterocycles. The summed E-state index contributed by atoms with van der Waals surface area (Å²) in [6, 6.07) is 1.52. The minimum absolute atomic E-state index is 0.229. The van der Waals surface area contributed by atoms with Crippen molar-refractivity contribution in [3.05, 3.63) is 17.0 Å². The molecule has 0 aliphatic heterocycles. The monoisotopic (exact) mass is 158 g/mol. The van der Waals surface area contributed by atoms with Crippen LogP contribution < -0.4 is 4.74 Å². The fraction of sp³-hybridized carbons (Fsp3) is 0.167. The van der Waals surface area contributed by atoms with Crippen LogP contribution >= 0.6 is 11.3 Å². The molecule has 0 bridgehead atoms. The fourth-order valence-electron chi connectivity index (χ4n) is 0.612. The Morgan fingerprint density at radius 3 is 2.90 bits per heavy atom. The van der Waals surface area contributed by atoms with Crippen LogP contribution in [0.5, 0.6) is 5.06 Å². The molecule has 0 atom stereocenters. The van der Waals surface area contributed by atoms with E-state index in [0.717, 1.165) is 0 Å². The van der Waals surface area contributed by atoms with Crippen molar-refractivity contribution in [3.8, 4) is 5.06 Å². The van der Waals surface area contributed by atoms with Gasteiger partial charge in [0.2, 0.25) is 0 Å². The van der Waals surface area contributed by atoms with E-state index < -0.39 is 5.97 Å². The van der Waals surface area contributed by atoms with Crippen LogP contribution in [-0.2, 0) is 0 Å². The van der Waals surface area contributed by atoms with E-state index in [-0.39, 0.29) is 5.56 Å². The first-order valence-corrected chi connectivity index (χ1v) is 3.48. The first-order chi connectivity index (χ1) is 4.75. The topological polar surface area (TPSA) is 46.5 Å². The van der Waals surface area contributed by atoms with Gasteiger partial charge in [-0.25, -0.2) is 4.79 Å². The Morgan fingerprint density at radius 1 is 1.80 bits per heavy atom. The average molecular weight is 158 g/mol. The van der Waals surface area contributed by atoms with E-state index in [1.807, 2.05) is 0 Å². The van der Waals surface area contributed by atoms with Crippen molar-refractivity contribution in [2.45, 2.75) is 0 Å². The molecule has 0 unspecified atom stereocenters. The van der Waals surface area contributed by atoms with Crippen LogP contribution in [0.15, 0.2) is 11.4 Å². The Morgan fingerprint density at radius 2 is 2.50 bits per heavy atom. The second-order valence-electron chi connectivity index (χ2n) is 1.63. The van der Waals surface area contributed by atoms with Crippen molar-refractivity contribution in [3.63, 3.8) is 0 Å². The van der Waals surface area contributed by atoms with Gasteiger partial charge < -0.3 is 9.84 Å². The molecule has 0 saturated carbocycles. The molecule has 0 aliphatic rings. The predicted octanol–water partition coefficient (Wildman–Crippen LogP) is 1.45. The second kappa shape index (κ2) is 2.70. The number of methoxy groups -OCH3 is 1. The SMILES string of the molecule is COc1sccc1C(=O)O. The molecule has 1 rings (SSSR count). The van der Waals surface area contributed by atoms with Gasteiger partial charge in [0.15, 0.2) is 5.06 Å². The lowest BCUT2D eigenvalue weighted by Crippen LogP contribution is -1.95. The van der Waals surface area contributed by atoms with E-state index in [2.05, 4.69) is 0 Å². The minimum atomic E-state index is -0.946. The van der Waals surface area contributed by atoms with Gasteiger partial charge in [0, 0.05) is 0 Å². The highest BCUT2D eigenvalue weighted by molar-refractivity contribution is 7.12. The number of carbonyl (C=O) groups is 1. The largest absolute Gasteiger partial charge is 0.487 e. The summed E-state index contributed by atoms with van der Waals surface area (Å²) in [6.07, 6.45) is 0. The maximum atomic E-state index is 10.4. The third-order valence-corrected chi connectivity index (χ3v) is 1.92. The van der Waals surface area contributed by atoms with E-state index in [1.54, 1.807) is 5.38 Å². The molecule has 0 saturated heterocycles. The standard InChI is InChI=1S/C6H6O3S/c1-9-6-4(5(7)8)2-3-10-6/h2-3H,1H3,(H,7,8). The van der Waals surface area contributed by atoms with Gasteiger partial charge in [0.05, 0.1) is 7.11 Å². The lowest BCUT2D eigenvalue weighted by atomic mass is 10.3. The maximum Gasteiger partial charge on any atom is 0.340 e. The smallest absolute Gasteiger partial charge is 0.340 e. The second-order valence-corrected chi connectivity index (χ2v) is 2.51. The Balaban J connectivity index is 3.01. The highest BCUT2D eigenvalue weighted by Gasteiger charge is 2.10. The Bertz CT molecular complexity index is 241. The molecule has 0 spiro atoms. The molecular formula is C6H6O3S. The summed E-state index contributed by atoms with van der Waals surface area (Å²) in [5.41, 5.74) is 0.229. The summed E-state index contributed by atoms with van der Waals surface area (Å²) < 4.78 is 4.78. The van der Waals surface area contributed by atoms with Crippen LogP contribution in [0, 0.1) is 0 Å². The van der Waals surface area contributed by atoms with Crippen molar-refractivity contribution >= 4 is 17.3 Å². The number of carboxylic acids is 1. The molecule has 54 valence electrons. The molecule has 0 radical (unpaired) electrons. The molecule has 1 heterocycles. The van der Waals surface area contributed by atoms with E-state index in [0.29, 0.717) is 5.06 Å². The lowest BCUT2D eigenvalue weighted by molar-refractivity contribution is 0.0694. The number of ether oxygens (including phenoxy) is 1. The lowest BCUT2D eigenvalue weighted by Gasteiger charge is -1.94. The van der Waals surface area contributed by atoms with E-state index in [4.69, 9.17) is 9.84 Å². The molecule has 4 heteroatoms.